The summed E-state index contributed by atoms with van der Waals surface area (Å²) in [5, 5.41) is 0. The molecule has 0 aliphatic carbocycles. The van der Waals surface area contributed by atoms with Crippen molar-refractivity contribution in [3.8, 4) is 0 Å². The lowest BCUT2D eigenvalue weighted by molar-refractivity contribution is -0.220. The van der Waals surface area contributed by atoms with Crippen LogP contribution in [0.3, 0.4) is 0 Å². The van der Waals surface area contributed by atoms with Crippen LogP contribution in [0.5, 0.6) is 0 Å². The van der Waals surface area contributed by atoms with Gasteiger partial charge < -0.3 is 14.2 Å². The van der Waals surface area contributed by atoms with Crippen LogP contribution < -0.4 is 0 Å². The zero-order valence-electron chi connectivity index (χ0n) is 11.6. The standard InChI is InChI=1S/C13H20O5S/c1-9(2)11(14)17-10(3)12(15)18-13(4)8-19-7-5-6-16-13/h10H,1,5-8H2,2-4H3. The summed E-state index contributed by atoms with van der Waals surface area (Å²) in [5.41, 5.74) is 0.243. The first-order valence-corrected chi connectivity index (χ1v) is 7.30. The number of carbonyl (C=O) groups excluding carboxylic acids is 2. The average Bonchev–Trinajstić information content (AvgIpc) is 2.53. The highest BCUT2D eigenvalue weighted by Crippen LogP contribution is 2.24. The fourth-order valence-corrected chi connectivity index (χ4v) is 2.39. The molecule has 0 amide bonds. The molecule has 6 heteroatoms. The molecule has 19 heavy (non-hydrogen) atoms. The third kappa shape index (κ3) is 5.24. The highest BCUT2D eigenvalue weighted by atomic mass is 32.2. The van der Waals surface area contributed by atoms with Crippen LogP contribution in [0.15, 0.2) is 12.2 Å². The Morgan fingerprint density at radius 2 is 2.16 bits per heavy atom. The van der Waals surface area contributed by atoms with E-state index in [1.54, 1.807) is 18.7 Å². The molecule has 0 radical (unpaired) electrons. The smallest absolute Gasteiger partial charge is 0.349 e. The van der Waals surface area contributed by atoms with Crippen LogP contribution in [0.25, 0.3) is 0 Å². The van der Waals surface area contributed by atoms with Crippen LogP contribution in [0.2, 0.25) is 0 Å². The van der Waals surface area contributed by atoms with Gasteiger partial charge in [-0.05, 0) is 26.0 Å². The van der Waals surface area contributed by atoms with Crippen LogP contribution in [-0.4, -0.2) is 41.9 Å². The van der Waals surface area contributed by atoms with Gasteiger partial charge in [0.05, 0.1) is 12.4 Å². The number of thioether (sulfide) groups is 1. The lowest BCUT2D eigenvalue weighted by Gasteiger charge is -2.28. The summed E-state index contributed by atoms with van der Waals surface area (Å²) in [6.07, 6.45) is -0.0456. The summed E-state index contributed by atoms with van der Waals surface area (Å²) in [6, 6.07) is 0. The van der Waals surface area contributed by atoms with E-state index in [0.717, 1.165) is 12.2 Å². The molecule has 2 unspecified atom stereocenters. The van der Waals surface area contributed by atoms with Gasteiger partial charge >= 0.3 is 11.9 Å². The Bertz CT molecular complexity index is 358. The Hall–Kier alpha value is -1.01. The minimum absolute atomic E-state index is 0.243. The number of hydrogen-bond acceptors (Lipinski definition) is 6. The molecule has 1 aliphatic rings. The molecule has 0 saturated carbocycles. The van der Waals surface area contributed by atoms with Crippen LogP contribution in [0, 0.1) is 0 Å². The third-order valence-corrected chi connectivity index (χ3v) is 3.79. The molecule has 108 valence electrons. The molecule has 1 rings (SSSR count). The van der Waals surface area contributed by atoms with E-state index in [-0.39, 0.29) is 5.57 Å². The van der Waals surface area contributed by atoms with Gasteiger partial charge in [-0.25, -0.2) is 9.59 Å². The maximum absolute atomic E-state index is 11.9. The van der Waals surface area contributed by atoms with Crippen LogP contribution in [0.1, 0.15) is 27.2 Å². The van der Waals surface area contributed by atoms with Crippen molar-refractivity contribution in [2.24, 2.45) is 0 Å². The third-order valence-electron chi connectivity index (χ3n) is 2.49. The van der Waals surface area contributed by atoms with E-state index >= 15 is 0 Å². The maximum atomic E-state index is 11.9. The number of hydrogen-bond donors (Lipinski definition) is 0. The average molecular weight is 288 g/mol. The molecule has 0 spiro atoms. The normalized spacial score (nSPS) is 25.0. The summed E-state index contributed by atoms with van der Waals surface area (Å²) in [7, 11) is 0. The van der Waals surface area contributed by atoms with Crippen LogP contribution in [-0.2, 0) is 23.8 Å². The van der Waals surface area contributed by atoms with Crippen molar-refractivity contribution in [2.45, 2.75) is 39.1 Å². The first kappa shape index (κ1) is 16.0. The van der Waals surface area contributed by atoms with E-state index in [0.29, 0.717) is 12.4 Å². The van der Waals surface area contributed by atoms with Gasteiger partial charge in [0.15, 0.2) is 6.10 Å². The molecule has 1 heterocycles. The quantitative estimate of drug-likeness (QED) is 0.581. The van der Waals surface area contributed by atoms with E-state index in [1.165, 1.54) is 13.8 Å². The molecule has 0 aromatic carbocycles. The second-order valence-corrected chi connectivity index (χ2v) is 5.74. The number of carbonyl (C=O) groups is 2. The molecule has 5 nitrogen and oxygen atoms in total. The van der Waals surface area contributed by atoms with E-state index in [2.05, 4.69) is 6.58 Å². The molecule has 2 atom stereocenters. The van der Waals surface area contributed by atoms with Crippen molar-refractivity contribution >= 4 is 23.7 Å². The Balaban J connectivity index is 2.52. The fraction of sp³-hybridized carbons (Fsp3) is 0.692. The number of ether oxygens (including phenoxy) is 3. The first-order valence-electron chi connectivity index (χ1n) is 6.15. The van der Waals surface area contributed by atoms with Crippen LogP contribution >= 0.6 is 11.8 Å². The Morgan fingerprint density at radius 1 is 1.47 bits per heavy atom. The molecule has 0 N–H and O–H groups in total. The van der Waals surface area contributed by atoms with Gasteiger partial charge in [-0.2, -0.15) is 11.8 Å². The molecule has 1 aliphatic heterocycles. The minimum Gasteiger partial charge on any atom is -0.447 e. The van der Waals surface area contributed by atoms with Crippen molar-refractivity contribution in [3.63, 3.8) is 0 Å². The summed E-state index contributed by atoms with van der Waals surface area (Å²) in [6.45, 7) is 8.71. The topological polar surface area (TPSA) is 61.8 Å². The largest absolute Gasteiger partial charge is 0.447 e. The Labute approximate surface area is 117 Å². The predicted octanol–water partition coefficient (Wildman–Crippen LogP) is 1.91. The predicted molar refractivity (Wildman–Crippen MR) is 72.8 cm³/mol. The van der Waals surface area contributed by atoms with Crippen LogP contribution in [0.4, 0.5) is 0 Å². The summed E-state index contributed by atoms with van der Waals surface area (Å²) in [5.74, 6) is -0.625. The lowest BCUT2D eigenvalue weighted by Crippen LogP contribution is -2.40. The van der Waals surface area contributed by atoms with E-state index < -0.39 is 23.8 Å². The summed E-state index contributed by atoms with van der Waals surface area (Å²) < 4.78 is 15.8. The Morgan fingerprint density at radius 3 is 2.79 bits per heavy atom. The van der Waals surface area contributed by atoms with E-state index in [4.69, 9.17) is 14.2 Å². The zero-order chi connectivity index (χ0) is 14.5. The van der Waals surface area contributed by atoms with Gasteiger partial charge in [0.25, 0.3) is 0 Å². The molecular formula is C13H20O5S. The van der Waals surface area contributed by atoms with E-state index in [1.807, 2.05) is 0 Å². The van der Waals surface area contributed by atoms with Crippen molar-refractivity contribution in [1.29, 1.82) is 0 Å². The molecule has 1 fully saturated rings. The summed E-state index contributed by atoms with van der Waals surface area (Å²) in [4.78, 5) is 23.2. The fourth-order valence-electron chi connectivity index (χ4n) is 1.41. The minimum atomic E-state index is -0.974. The highest BCUT2D eigenvalue weighted by molar-refractivity contribution is 7.99. The molecule has 1 saturated heterocycles. The second-order valence-electron chi connectivity index (χ2n) is 4.64. The molecule has 0 bridgehead atoms. The van der Waals surface area contributed by atoms with Gasteiger partial charge in [-0.3, -0.25) is 0 Å². The van der Waals surface area contributed by atoms with Gasteiger partial charge in [-0.15, -0.1) is 0 Å². The molecular weight excluding hydrogens is 268 g/mol. The van der Waals surface area contributed by atoms with Crippen molar-refractivity contribution in [2.75, 3.05) is 18.1 Å². The van der Waals surface area contributed by atoms with Crippen molar-refractivity contribution in [1.82, 2.24) is 0 Å². The van der Waals surface area contributed by atoms with E-state index in [9.17, 15) is 9.59 Å². The monoisotopic (exact) mass is 288 g/mol. The number of esters is 2. The van der Waals surface area contributed by atoms with Crippen molar-refractivity contribution in [3.05, 3.63) is 12.2 Å². The van der Waals surface area contributed by atoms with Gasteiger partial charge in [0.2, 0.25) is 5.79 Å². The highest BCUT2D eigenvalue weighted by Gasteiger charge is 2.34. The summed E-state index contributed by atoms with van der Waals surface area (Å²) >= 11 is 1.67. The van der Waals surface area contributed by atoms with Gasteiger partial charge in [0.1, 0.15) is 0 Å². The lowest BCUT2D eigenvalue weighted by atomic mass is 10.3. The van der Waals surface area contributed by atoms with Gasteiger partial charge in [0, 0.05) is 12.5 Å². The molecule has 0 aromatic heterocycles. The Kier molecular flexibility index (Phi) is 5.87. The second kappa shape index (κ2) is 6.96. The SMILES string of the molecule is C=C(C)C(=O)OC(C)C(=O)OC1(C)CSCCCO1. The first-order chi connectivity index (χ1) is 8.84. The number of rotatable bonds is 4. The van der Waals surface area contributed by atoms with Gasteiger partial charge in [-0.1, -0.05) is 6.58 Å². The maximum Gasteiger partial charge on any atom is 0.349 e. The van der Waals surface area contributed by atoms with Crippen molar-refractivity contribution < 1.29 is 23.8 Å². The molecule has 0 aromatic rings. The zero-order valence-corrected chi connectivity index (χ0v) is 12.4.